The van der Waals surface area contributed by atoms with Crippen LogP contribution < -0.4 is 5.32 Å². The van der Waals surface area contributed by atoms with Gasteiger partial charge in [-0.15, -0.1) is 0 Å². The number of hydrogen-bond donors (Lipinski definition) is 3. The summed E-state index contributed by atoms with van der Waals surface area (Å²) in [5.41, 5.74) is 2.71. The molecule has 0 spiro atoms. The number of imidazole rings is 1. The summed E-state index contributed by atoms with van der Waals surface area (Å²) in [6.45, 7) is 0. The summed E-state index contributed by atoms with van der Waals surface area (Å²) in [5, 5.41) is 10.5. The van der Waals surface area contributed by atoms with E-state index in [4.69, 9.17) is 5.11 Å². The van der Waals surface area contributed by atoms with Gasteiger partial charge >= 0.3 is 6.09 Å². The van der Waals surface area contributed by atoms with Gasteiger partial charge in [0.05, 0.1) is 17.4 Å². The van der Waals surface area contributed by atoms with Gasteiger partial charge in [-0.3, -0.25) is 5.32 Å². The van der Waals surface area contributed by atoms with E-state index in [1.165, 1.54) is 0 Å². The van der Waals surface area contributed by atoms with Gasteiger partial charge in [0, 0.05) is 5.69 Å². The van der Waals surface area contributed by atoms with E-state index in [0.717, 1.165) is 11.0 Å². The molecule has 0 aliphatic carbocycles. The second kappa shape index (κ2) is 6.20. The van der Waals surface area contributed by atoms with Gasteiger partial charge in [-0.2, -0.15) is 0 Å². The standard InChI is InChI=1S/C7H6N2.C7H7NO2/c1-2-4-7-6(3-1)8-5-9-7;9-7(10)8-6-4-2-1-3-5-6/h1-5H,(H,8,9);1-5,8H,(H,9,10). The third-order valence-electron chi connectivity index (χ3n) is 2.35. The first kappa shape index (κ1) is 12.6. The SMILES string of the molecule is O=C(O)Nc1ccccc1.c1ccc2[nH]cnc2c1. The van der Waals surface area contributed by atoms with Crippen LogP contribution in [0.1, 0.15) is 0 Å². The van der Waals surface area contributed by atoms with Crippen LogP contribution in [0.4, 0.5) is 10.5 Å². The van der Waals surface area contributed by atoms with Crippen molar-refractivity contribution in [1.82, 2.24) is 9.97 Å². The molecule has 1 aromatic heterocycles. The van der Waals surface area contributed by atoms with Crippen molar-refractivity contribution in [1.29, 1.82) is 0 Å². The molecule has 1 heterocycles. The predicted octanol–water partition coefficient (Wildman–Crippen LogP) is 3.34. The number of nitrogens with one attached hydrogen (secondary N) is 2. The number of anilines is 1. The Balaban J connectivity index is 0.000000141. The summed E-state index contributed by atoms with van der Waals surface area (Å²) in [6.07, 6.45) is 0.663. The van der Waals surface area contributed by atoms with Crippen LogP contribution in [0, 0.1) is 0 Å². The monoisotopic (exact) mass is 255 g/mol. The number of carboxylic acid groups (broad SMARTS) is 1. The Morgan fingerprint density at radius 1 is 1.05 bits per heavy atom. The number of carbonyl (C=O) groups is 1. The molecule has 0 radical (unpaired) electrons. The van der Waals surface area contributed by atoms with E-state index >= 15 is 0 Å². The molecule has 19 heavy (non-hydrogen) atoms. The number of rotatable bonds is 1. The molecule has 0 unspecified atom stereocenters. The summed E-state index contributed by atoms with van der Waals surface area (Å²) in [4.78, 5) is 17.1. The third kappa shape index (κ3) is 3.85. The number of fused-ring (bicyclic) bond motifs is 1. The van der Waals surface area contributed by atoms with E-state index in [1.54, 1.807) is 30.6 Å². The highest BCUT2D eigenvalue weighted by molar-refractivity contribution is 5.82. The van der Waals surface area contributed by atoms with Crippen LogP contribution in [0.5, 0.6) is 0 Å². The molecular formula is C14H13N3O2. The van der Waals surface area contributed by atoms with Crippen LogP contribution in [0.25, 0.3) is 11.0 Å². The highest BCUT2D eigenvalue weighted by atomic mass is 16.4. The lowest BCUT2D eigenvalue weighted by Gasteiger charge is -1.96. The minimum absolute atomic E-state index is 0.593. The van der Waals surface area contributed by atoms with E-state index < -0.39 is 6.09 Å². The Kier molecular flexibility index (Phi) is 4.12. The van der Waals surface area contributed by atoms with Gasteiger partial charge in [-0.25, -0.2) is 9.78 Å². The topological polar surface area (TPSA) is 78.0 Å². The quantitative estimate of drug-likeness (QED) is 0.624. The Morgan fingerprint density at radius 2 is 1.74 bits per heavy atom. The lowest BCUT2D eigenvalue weighted by molar-refractivity contribution is 0.210. The molecule has 0 aliphatic heterocycles. The third-order valence-corrected chi connectivity index (χ3v) is 2.35. The van der Waals surface area contributed by atoms with Crippen molar-refractivity contribution in [3.8, 4) is 0 Å². The van der Waals surface area contributed by atoms with Crippen LogP contribution in [-0.4, -0.2) is 21.2 Å². The molecule has 0 fully saturated rings. The van der Waals surface area contributed by atoms with E-state index in [1.807, 2.05) is 30.3 Å². The van der Waals surface area contributed by atoms with Crippen molar-refractivity contribution in [3.05, 3.63) is 60.9 Å². The average Bonchev–Trinajstić information content (AvgIpc) is 2.88. The number of aromatic amines is 1. The fourth-order valence-electron chi connectivity index (χ4n) is 1.52. The summed E-state index contributed by atoms with van der Waals surface area (Å²) >= 11 is 0. The molecule has 5 heteroatoms. The zero-order valence-electron chi connectivity index (χ0n) is 10.1. The Hall–Kier alpha value is -2.82. The molecule has 0 bridgehead atoms. The molecule has 1 amide bonds. The minimum atomic E-state index is -1.04. The van der Waals surface area contributed by atoms with Crippen LogP contribution >= 0.6 is 0 Å². The molecule has 3 N–H and O–H groups in total. The molecule has 2 aromatic carbocycles. The molecular weight excluding hydrogens is 242 g/mol. The molecule has 0 saturated heterocycles. The molecule has 0 saturated carbocycles. The zero-order chi connectivity index (χ0) is 13.5. The first-order valence-corrected chi connectivity index (χ1v) is 5.69. The lowest BCUT2D eigenvalue weighted by Crippen LogP contribution is -2.06. The Bertz CT molecular complexity index is 620. The number of nitrogens with zero attached hydrogens (tertiary/aromatic N) is 1. The van der Waals surface area contributed by atoms with Gasteiger partial charge in [0.1, 0.15) is 0 Å². The second-order valence-corrected chi connectivity index (χ2v) is 3.72. The Morgan fingerprint density at radius 3 is 2.42 bits per heavy atom. The second-order valence-electron chi connectivity index (χ2n) is 3.72. The van der Waals surface area contributed by atoms with Crippen molar-refractivity contribution in [2.24, 2.45) is 0 Å². The van der Waals surface area contributed by atoms with Crippen molar-refractivity contribution in [2.45, 2.75) is 0 Å². The van der Waals surface area contributed by atoms with E-state index in [-0.39, 0.29) is 0 Å². The van der Waals surface area contributed by atoms with Crippen LogP contribution in [0.15, 0.2) is 60.9 Å². The number of hydrogen-bond acceptors (Lipinski definition) is 2. The maximum atomic E-state index is 10.1. The largest absolute Gasteiger partial charge is 0.465 e. The number of para-hydroxylation sites is 3. The van der Waals surface area contributed by atoms with Crippen molar-refractivity contribution < 1.29 is 9.90 Å². The number of H-pyrrole nitrogens is 1. The van der Waals surface area contributed by atoms with Gasteiger partial charge in [0.25, 0.3) is 0 Å². The van der Waals surface area contributed by atoms with Crippen LogP contribution in [-0.2, 0) is 0 Å². The van der Waals surface area contributed by atoms with E-state index in [2.05, 4.69) is 15.3 Å². The first-order chi connectivity index (χ1) is 9.25. The minimum Gasteiger partial charge on any atom is -0.465 e. The van der Waals surface area contributed by atoms with Crippen LogP contribution in [0.3, 0.4) is 0 Å². The number of amides is 1. The molecule has 0 aliphatic rings. The maximum absolute atomic E-state index is 10.1. The van der Waals surface area contributed by atoms with Crippen molar-refractivity contribution in [2.75, 3.05) is 5.32 Å². The first-order valence-electron chi connectivity index (χ1n) is 5.69. The number of benzene rings is 2. The van der Waals surface area contributed by atoms with Gasteiger partial charge in [-0.05, 0) is 24.3 Å². The molecule has 5 nitrogen and oxygen atoms in total. The number of aromatic nitrogens is 2. The zero-order valence-corrected chi connectivity index (χ0v) is 10.1. The van der Waals surface area contributed by atoms with Gasteiger partial charge < -0.3 is 10.1 Å². The highest BCUT2D eigenvalue weighted by Crippen LogP contribution is 2.05. The predicted molar refractivity (Wildman–Crippen MR) is 74.2 cm³/mol. The smallest absolute Gasteiger partial charge is 0.409 e. The normalized spacial score (nSPS) is 9.47. The van der Waals surface area contributed by atoms with E-state index in [0.29, 0.717) is 5.69 Å². The lowest BCUT2D eigenvalue weighted by atomic mass is 10.3. The van der Waals surface area contributed by atoms with Gasteiger partial charge in [0.2, 0.25) is 0 Å². The maximum Gasteiger partial charge on any atom is 0.409 e. The van der Waals surface area contributed by atoms with Gasteiger partial charge in [-0.1, -0.05) is 30.3 Å². The summed E-state index contributed by atoms with van der Waals surface area (Å²) in [5.74, 6) is 0. The fourth-order valence-corrected chi connectivity index (χ4v) is 1.52. The van der Waals surface area contributed by atoms with Gasteiger partial charge in [0.15, 0.2) is 0 Å². The Labute approximate surface area is 109 Å². The van der Waals surface area contributed by atoms with Crippen molar-refractivity contribution in [3.63, 3.8) is 0 Å². The van der Waals surface area contributed by atoms with Crippen LogP contribution in [0.2, 0.25) is 0 Å². The summed E-state index contributed by atoms with van der Waals surface area (Å²) in [7, 11) is 0. The highest BCUT2D eigenvalue weighted by Gasteiger charge is 1.93. The fraction of sp³-hybridized carbons (Fsp3) is 0. The molecule has 96 valence electrons. The average molecular weight is 255 g/mol. The van der Waals surface area contributed by atoms with E-state index in [9.17, 15) is 4.79 Å². The summed E-state index contributed by atoms with van der Waals surface area (Å²) in [6, 6.07) is 16.7. The molecule has 3 rings (SSSR count). The molecule has 0 atom stereocenters. The van der Waals surface area contributed by atoms with Crippen molar-refractivity contribution >= 4 is 22.8 Å². The summed E-state index contributed by atoms with van der Waals surface area (Å²) < 4.78 is 0. The molecule has 3 aromatic rings.